The highest BCUT2D eigenvalue weighted by molar-refractivity contribution is 5.96. The van der Waals surface area contributed by atoms with Gasteiger partial charge in [0.25, 0.3) is 5.91 Å². The number of hydrogen-bond donors (Lipinski definition) is 0. The monoisotopic (exact) mass is 317 g/mol. The summed E-state index contributed by atoms with van der Waals surface area (Å²) >= 11 is 0. The largest absolute Gasteiger partial charge is 0.339 e. The van der Waals surface area contributed by atoms with Gasteiger partial charge in [0.05, 0.1) is 17.2 Å². The lowest BCUT2D eigenvalue weighted by molar-refractivity contribution is 0.0788. The van der Waals surface area contributed by atoms with E-state index >= 15 is 0 Å². The maximum Gasteiger partial charge on any atom is 0.257 e. The summed E-state index contributed by atoms with van der Waals surface area (Å²) in [4.78, 5) is 19.1. The fourth-order valence-electron chi connectivity index (χ4n) is 3.22. The Labute approximate surface area is 135 Å². The standard InChI is InChI=1S/C16H23N5O2/c1-5-7-21-11(3)14(10(2)18-21)16(22)20-8-6-13(9-20)15-17-12(4)19-23-15/h13H,5-9H2,1-4H3. The number of carbonyl (C=O) groups excluding carboxylic acids is 1. The summed E-state index contributed by atoms with van der Waals surface area (Å²) < 4.78 is 7.18. The zero-order valence-electron chi connectivity index (χ0n) is 14.2. The average molecular weight is 317 g/mol. The summed E-state index contributed by atoms with van der Waals surface area (Å²) in [6.45, 7) is 9.96. The Kier molecular flexibility index (Phi) is 4.19. The van der Waals surface area contributed by atoms with Crippen molar-refractivity contribution in [2.75, 3.05) is 13.1 Å². The second-order valence-corrected chi connectivity index (χ2v) is 6.19. The Morgan fingerprint density at radius 2 is 2.13 bits per heavy atom. The van der Waals surface area contributed by atoms with Crippen molar-refractivity contribution < 1.29 is 9.32 Å². The highest BCUT2D eigenvalue weighted by Crippen LogP contribution is 2.28. The molecule has 1 aliphatic rings. The average Bonchev–Trinajstić information content (AvgIpc) is 3.20. The van der Waals surface area contributed by atoms with E-state index in [0.717, 1.165) is 36.3 Å². The third kappa shape index (κ3) is 2.87. The minimum atomic E-state index is 0.0566. The van der Waals surface area contributed by atoms with Crippen LogP contribution in [0.25, 0.3) is 0 Å². The molecule has 7 nitrogen and oxygen atoms in total. The Morgan fingerprint density at radius 3 is 2.78 bits per heavy atom. The number of likely N-dealkylation sites (tertiary alicyclic amines) is 1. The summed E-state index contributed by atoms with van der Waals surface area (Å²) in [6.07, 6.45) is 1.85. The Morgan fingerprint density at radius 1 is 1.35 bits per heavy atom. The van der Waals surface area contributed by atoms with Gasteiger partial charge in [0, 0.05) is 25.3 Å². The van der Waals surface area contributed by atoms with Crippen molar-refractivity contribution in [3.8, 4) is 0 Å². The predicted octanol–water partition coefficient (Wildman–Crippen LogP) is 2.23. The maximum absolute atomic E-state index is 12.9. The Bertz CT molecular complexity index is 718. The van der Waals surface area contributed by atoms with Gasteiger partial charge in [0.1, 0.15) is 0 Å². The van der Waals surface area contributed by atoms with Crippen LogP contribution in [0.15, 0.2) is 4.52 Å². The fraction of sp³-hybridized carbons (Fsp3) is 0.625. The summed E-state index contributed by atoms with van der Waals surface area (Å²) in [7, 11) is 0. The molecular weight excluding hydrogens is 294 g/mol. The van der Waals surface area contributed by atoms with Gasteiger partial charge in [0.15, 0.2) is 5.82 Å². The van der Waals surface area contributed by atoms with Crippen molar-refractivity contribution in [3.05, 3.63) is 28.7 Å². The van der Waals surface area contributed by atoms with Crippen LogP contribution in [-0.4, -0.2) is 43.8 Å². The van der Waals surface area contributed by atoms with E-state index in [9.17, 15) is 4.79 Å². The highest BCUT2D eigenvalue weighted by Gasteiger charge is 2.33. The molecule has 0 radical (unpaired) electrons. The zero-order valence-corrected chi connectivity index (χ0v) is 14.2. The maximum atomic E-state index is 12.9. The lowest BCUT2D eigenvalue weighted by Gasteiger charge is -2.16. The smallest absolute Gasteiger partial charge is 0.257 e. The SMILES string of the molecule is CCCn1nc(C)c(C(=O)N2CCC(c3nc(C)no3)C2)c1C. The van der Waals surface area contributed by atoms with Gasteiger partial charge in [-0.25, -0.2) is 0 Å². The van der Waals surface area contributed by atoms with E-state index in [2.05, 4.69) is 22.2 Å². The van der Waals surface area contributed by atoms with Crippen LogP contribution in [0.4, 0.5) is 0 Å². The molecule has 3 rings (SSSR count). The van der Waals surface area contributed by atoms with Crippen LogP contribution >= 0.6 is 0 Å². The number of nitrogens with zero attached hydrogens (tertiary/aromatic N) is 5. The number of carbonyl (C=O) groups is 1. The van der Waals surface area contributed by atoms with E-state index in [1.165, 1.54) is 0 Å². The first-order chi connectivity index (χ1) is 11.0. The molecule has 3 heterocycles. The molecule has 124 valence electrons. The molecule has 1 amide bonds. The Hall–Kier alpha value is -2.18. The molecule has 0 bridgehead atoms. The van der Waals surface area contributed by atoms with E-state index in [1.807, 2.05) is 23.4 Å². The van der Waals surface area contributed by atoms with Crippen LogP contribution in [0.1, 0.15) is 59.1 Å². The van der Waals surface area contributed by atoms with E-state index in [-0.39, 0.29) is 11.8 Å². The van der Waals surface area contributed by atoms with Crippen LogP contribution in [-0.2, 0) is 6.54 Å². The van der Waals surface area contributed by atoms with Crippen molar-refractivity contribution in [3.63, 3.8) is 0 Å². The fourth-order valence-corrected chi connectivity index (χ4v) is 3.22. The number of hydrogen-bond acceptors (Lipinski definition) is 5. The second-order valence-electron chi connectivity index (χ2n) is 6.19. The minimum absolute atomic E-state index is 0.0566. The van der Waals surface area contributed by atoms with Crippen molar-refractivity contribution in [2.45, 2.75) is 53.0 Å². The number of rotatable bonds is 4. The summed E-state index contributed by atoms with van der Waals surface area (Å²) in [5.41, 5.74) is 2.49. The van der Waals surface area contributed by atoms with E-state index < -0.39 is 0 Å². The van der Waals surface area contributed by atoms with Gasteiger partial charge in [-0.3, -0.25) is 9.48 Å². The molecule has 0 aromatic carbocycles. The first kappa shape index (κ1) is 15.7. The van der Waals surface area contributed by atoms with Crippen molar-refractivity contribution in [1.29, 1.82) is 0 Å². The van der Waals surface area contributed by atoms with Crippen molar-refractivity contribution in [2.24, 2.45) is 0 Å². The lowest BCUT2D eigenvalue weighted by atomic mass is 10.1. The number of amides is 1. The third-order valence-electron chi connectivity index (χ3n) is 4.40. The van der Waals surface area contributed by atoms with Gasteiger partial charge >= 0.3 is 0 Å². The van der Waals surface area contributed by atoms with Gasteiger partial charge in [-0.1, -0.05) is 12.1 Å². The summed E-state index contributed by atoms with van der Waals surface area (Å²) in [5.74, 6) is 1.46. The Balaban J connectivity index is 1.77. The molecule has 23 heavy (non-hydrogen) atoms. The molecule has 1 unspecified atom stereocenters. The van der Waals surface area contributed by atoms with Crippen LogP contribution in [0.3, 0.4) is 0 Å². The molecule has 0 spiro atoms. The molecule has 2 aromatic heterocycles. The molecular formula is C16H23N5O2. The molecule has 1 fully saturated rings. The van der Waals surface area contributed by atoms with Crippen molar-refractivity contribution in [1.82, 2.24) is 24.8 Å². The topological polar surface area (TPSA) is 77.1 Å². The van der Waals surface area contributed by atoms with E-state index in [0.29, 0.717) is 24.8 Å². The minimum Gasteiger partial charge on any atom is -0.339 e. The number of aromatic nitrogens is 4. The van der Waals surface area contributed by atoms with E-state index in [1.54, 1.807) is 6.92 Å². The molecule has 1 atom stereocenters. The number of aryl methyl sites for hydroxylation is 3. The first-order valence-electron chi connectivity index (χ1n) is 8.14. The van der Waals surface area contributed by atoms with Crippen LogP contribution in [0.2, 0.25) is 0 Å². The molecule has 0 aliphatic carbocycles. The lowest BCUT2D eigenvalue weighted by Crippen LogP contribution is -2.29. The van der Waals surface area contributed by atoms with E-state index in [4.69, 9.17) is 4.52 Å². The van der Waals surface area contributed by atoms with Crippen molar-refractivity contribution >= 4 is 5.91 Å². The van der Waals surface area contributed by atoms with Gasteiger partial charge in [-0.15, -0.1) is 0 Å². The first-order valence-corrected chi connectivity index (χ1v) is 8.14. The van der Waals surface area contributed by atoms with Gasteiger partial charge < -0.3 is 9.42 Å². The molecule has 2 aromatic rings. The molecule has 0 saturated carbocycles. The molecule has 1 aliphatic heterocycles. The van der Waals surface area contributed by atoms with Gasteiger partial charge in [0.2, 0.25) is 5.89 Å². The third-order valence-corrected chi connectivity index (χ3v) is 4.40. The highest BCUT2D eigenvalue weighted by atomic mass is 16.5. The van der Waals surface area contributed by atoms with Crippen LogP contribution < -0.4 is 0 Å². The molecule has 0 N–H and O–H groups in total. The summed E-state index contributed by atoms with van der Waals surface area (Å²) in [5, 5.41) is 8.34. The van der Waals surface area contributed by atoms with Crippen LogP contribution in [0.5, 0.6) is 0 Å². The normalized spacial score (nSPS) is 17.9. The van der Waals surface area contributed by atoms with Crippen LogP contribution in [0, 0.1) is 20.8 Å². The molecule has 1 saturated heterocycles. The zero-order chi connectivity index (χ0) is 16.6. The van der Waals surface area contributed by atoms with Gasteiger partial charge in [-0.05, 0) is 33.6 Å². The summed E-state index contributed by atoms with van der Waals surface area (Å²) in [6, 6.07) is 0. The molecule has 7 heteroatoms. The second kappa shape index (κ2) is 6.14. The quantitative estimate of drug-likeness (QED) is 0.864. The van der Waals surface area contributed by atoms with Gasteiger partial charge in [-0.2, -0.15) is 10.1 Å². The predicted molar refractivity (Wildman–Crippen MR) is 84.3 cm³/mol.